The van der Waals surface area contributed by atoms with Crippen molar-refractivity contribution >= 4 is 18.1 Å². The van der Waals surface area contributed by atoms with Crippen LogP contribution in [0.2, 0.25) is 0 Å². The Labute approximate surface area is 151 Å². The number of esters is 1. The third kappa shape index (κ3) is 7.39. The molecule has 5 N–H and O–H groups in total. The second-order valence-corrected chi connectivity index (χ2v) is 6.01. The van der Waals surface area contributed by atoms with E-state index in [1.54, 1.807) is 0 Å². The van der Waals surface area contributed by atoms with Crippen molar-refractivity contribution in [3.63, 3.8) is 0 Å². The topological polar surface area (TPSA) is 144 Å². The highest BCUT2D eigenvalue weighted by Gasteiger charge is 2.36. The largest absolute Gasteiger partial charge is 0.508 e. The number of nitrogens with one attached hydrogen (secondary N) is 2. The fraction of sp³-hybridized carbons (Fsp3) is 0.471. The summed E-state index contributed by atoms with van der Waals surface area (Å²) in [5, 5.41) is 18.9. The maximum absolute atomic E-state index is 12.0. The first-order chi connectivity index (χ1) is 12.3. The van der Waals surface area contributed by atoms with Crippen LogP contribution in [0.25, 0.3) is 0 Å². The van der Waals surface area contributed by atoms with Crippen molar-refractivity contribution in [2.24, 2.45) is 11.1 Å². The van der Waals surface area contributed by atoms with Gasteiger partial charge < -0.3 is 30.4 Å². The summed E-state index contributed by atoms with van der Waals surface area (Å²) >= 11 is 0. The van der Waals surface area contributed by atoms with Gasteiger partial charge in [-0.1, -0.05) is 29.8 Å². The molecule has 1 aromatic carbocycles. The standard InChI is InChI=1S/C17H25N3O6/c1-12-3-5-13(6-4-12)9-25-16(23)26-11-17(2,10-21)14(22)24-8-7-20-15(18)19/h3-6,21H,7-11H2,1-2H3,(H4,18,19,20). The van der Waals surface area contributed by atoms with Gasteiger partial charge in [0.15, 0.2) is 5.96 Å². The van der Waals surface area contributed by atoms with Crippen LogP contribution < -0.4 is 11.1 Å². The molecule has 0 fully saturated rings. The van der Waals surface area contributed by atoms with Gasteiger partial charge in [-0.15, -0.1) is 0 Å². The summed E-state index contributed by atoms with van der Waals surface area (Å²) in [4.78, 5) is 23.7. The van der Waals surface area contributed by atoms with Crippen molar-refractivity contribution in [1.82, 2.24) is 5.32 Å². The lowest BCUT2D eigenvalue weighted by Crippen LogP contribution is -2.40. The molecule has 0 amide bonds. The molecule has 1 unspecified atom stereocenters. The van der Waals surface area contributed by atoms with Crippen LogP contribution in [0.3, 0.4) is 0 Å². The molecule has 1 aromatic rings. The predicted octanol–water partition coefficient (Wildman–Crippen LogP) is 0.673. The third-order valence-corrected chi connectivity index (χ3v) is 3.48. The van der Waals surface area contributed by atoms with Gasteiger partial charge in [-0.05, 0) is 19.4 Å². The van der Waals surface area contributed by atoms with Crippen LogP contribution in [0.15, 0.2) is 24.3 Å². The average molecular weight is 367 g/mol. The van der Waals surface area contributed by atoms with E-state index in [9.17, 15) is 14.7 Å². The van der Waals surface area contributed by atoms with Gasteiger partial charge in [-0.3, -0.25) is 10.2 Å². The number of hydrogen-bond donors (Lipinski definition) is 4. The van der Waals surface area contributed by atoms with Gasteiger partial charge in [-0.2, -0.15) is 0 Å². The van der Waals surface area contributed by atoms with Crippen LogP contribution >= 0.6 is 0 Å². The average Bonchev–Trinajstić information content (AvgIpc) is 2.62. The van der Waals surface area contributed by atoms with Crippen molar-refractivity contribution in [2.45, 2.75) is 20.5 Å². The minimum absolute atomic E-state index is 0.0378. The minimum atomic E-state index is -1.42. The molecule has 9 heteroatoms. The summed E-state index contributed by atoms with van der Waals surface area (Å²) in [5.74, 6) is -0.984. The molecule has 0 saturated carbocycles. The molecular formula is C17H25N3O6. The van der Waals surface area contributed by atoms with Crippen LogP contribution in [0.4, 0.5) is 4.79 Å². The van der Waals surface area contributed by atoms with Gasteiger partial charge in [-0.25, -0.2) is 4.79 Å². The molecular weight excluding hydrogens is 342 g/mol. The number of guanidine groups is 1. The van der Waals surface area contributed by atoms with Crippen LogP contribution in [-0.2, 0) is 25.6 Å². The number of rotatable bonds is 9. The second-order valence-electron chi connectivity index (χ2n) is 6.01. The highest BCUT2D eigenvalue weighted by atomic mass is 16.7. The maximum atomic E-state index is 12.0. The SMILES string of the molecule is Cc1ccc(COC(=O)OCC(C)(CO)C(=O)OCCNC(=N)N)cc1. The summed E-state index contributed by atoms with van der Waals surface area (Å²) in [5.41, 5.74) is 5.57. The Morgan fingerprint density at radius 2 is 1.88 bits per heavy atom. The van der Waals surface area contributed by atoms with Crippen LogP contribution in [0, 0.1) is 17.7 Å². The lowest BCUT2D eigenvalue weighted by atomic mass is 9.93. The van der Waals surface area contributed by atoms with Crippen molar-refractivity contribution in [3.05, 3.63) is 35.4 Å². The fourth-order valence-electron chi connectivity index (χ4n) is 1.76. The Balaban J connectivity index is 2.39. The molecule has 0 bridgehead atoms. The Hall–Kier alpha value is -2.81. The molecule has 0 aliphatic heterocycles. The number of aliphatic hydroxyl groups excluding tert-OH is 1. The first-order valence-electron chi connectivity index (χ1n) is 7.98. The Morgan fingerprint density at radius 1 is 1.23 bits per heavy atom. The number of benzene rings is 1. The molecule has 0 aliphatic rings. The summed E-state index contributed by atoms with van der Waals surface area (Å²) in [6, 6.07) is 7.44. The molecule has 0 saturated heterocycles. The zero-order chi connectivity index (χ0) is 19.6. The molecule has 0 heterocycles. The molecule has 1 atom stereocenters. The van der Waals surface area contributed by atoms with Gasteiger partial charge in [0.05, 0.1) is 13.2 Å². The quantitative estimate of drug-likeness (QED) is 0.216. The van der Waals surface area contributed by atoms with Crippen molar-refractivity contribution in [2.75, 3.05) is 26.4 Å². The third-order valence-electron chi connectivity index (χ3n) is 3.48. The minimum Gasteiger partial charge on any atom is -0.463 e. The van der Waals surface area contributed by atoms with E-state index in [1.165, 1.54) is 6.92 Å². The zero-order valence-electron chi connectivity index (χ0n) is 14.9. The molecule has 0 aromatic heterocycles. The van der Waals surface area contributed by atoms with Gasteiger partial charge in [0.1, 0.15) is 25.2 Å². The van der Waals surface area contributed by atoms with E-state index in [4.69, 9.17) is 25.4 Å². The Bertz CT molecular complexity index is 619. The lowest BCUT2D eigenvalue weighted by Gasteiger charge is -2.24. The van der Waals surface area contributed by atoms with E-state index in [0.29, 0.717) is 0 Å². The predicted molar refractivity (Wildman–Crippen MR) is 93.4 cm³/mol. The zero-order valence-corrected chi connectivity index (χ0v) is 14.9. The number of nitrogens with two attached hydrogens (primary N) is 1. The number of hydrogen-bond acceptors (Lipinski definition) is 7. The molecule has 144 valence electrons. The number of aliphatic hydroxyl groups is 1. The highest BCUT2D eigenvalue weighted by Crippen LogP contribution is 2.19. The summed E-state index contributed by atoms with van der Waals surface area (Å²) in [6.45, 7) is 2.53. The molecule has 0 radical (unpaired) electrons. The van der Waals surface area contributed by atoms with Crippen molar-refractivity contribution < 1.29 is 28.9 Å². The van der Waals surface area contributed by atoms with E-state index >= 15 is 0 Å². The Kier molecular flexibility index (Phi) is 8.36. The van der Waals surface area contributed by atoms with E-state index in [2.05, 4.69) is 5.32 Å². The summed E-state index contributed by atoms with van der Waals surface area (Å²) in [7, 11) is 0. The number of aryl methyl sites for hydroxylation is 1. The lowest BCUT2D eigenvalue weighted by molar-refractivity contribution is -0.160. The van der Waals surface area contributed by atoms with Gasteiger partial charge in [0.25, 0.3) is 0 Å². The van der Waals surface area contributed by atoms with E-state index in [0.717, 1.165) is 11.1 Å². The number of carbonyl (C=O) groups is 2. The van der Waals surface area contributed by atoms with Crippen molar-refractivity contribution in [3.8, 4) is 0 Å². The summed E-state index contributed by atoms with van der Waals surface area (Å²) in [6.07, 6.45) is -0.948. The molecule has 9 nitrogen and oxygen atoms in total. The molecule has 0 spiro atoms. The van der Waals surface area contributed by atoms with Crippen molar-refractivity contribution in [1.29, 1.82) is 5.41 Å². The van der Waals surface area contributed by atoms with Gasteiger partial charge >= 0.3 is 12.1 Å². The van der Waals surface area contributed by atoms with E-state index in [1.807, 2.05) is 31.2 Å². The summed E-state index contributed by atoms with van der Waals surface area (Å²) < 4.78 is 14.9. The Morgan fingerprint density at radius 3 is 2.46 bits per heavy atom. The monoisotopic (exact) mass is 367 g/mol. The first-order valence-corrected chi connectivity index (χ1v) is 7.98. The smallest absolute Gasteiger partial charge is 0.463 e. The van der Waals surface area contributed by atoms with Crippen LogP contribution in [0.5, 0.6) is 0 Å². The number of carbonyl (C=O) groups excluding carboxylic acids is 2. The second kappa shape index (κ2) is 10.2. The molecule has 0 aliphatic carbocycles. The molecule has 26 heavy (non-hydrogen) atoms. The van der Waals surface area contributed by atoms with E-state index in [-0.39, 0.29) is 25.7 Å². The molecule has 1 rings (SSSR count). The normalized spacial score (nSPS) is 12.6. The van der Waals surface area contributed by atoms with Crippen LogP contribution in [0.1, 0.15) is 18.1 Å². The van der Waals surface area contributed by atoms with Crippen LogP contribution in [-0.4, -0.2) is 49.6 Å². The first kappa shape index (κ1) is 21.2. The van der Waals surface area contributed by atoms with E-state index < -0.39 is 30.8 Å². The fourth-order valence-corrected chi connectivity index (χ4v) is 1.76. The highest BCUT2D eigenvalue weighted by molar-refractivity contribution is 5.77. The van der Waals surface area contributed by atoms with Gasteiger partial charge in [0, 0.05) is 0 Å². The van der Waals surface area contributed by atoms with Gasteiger partial charge in [0.2, 0.25) is 0 Å². The number of ether oxygens (including phenoxy) is 3. The maximum Gasteiger partial charge on any atom is 0.508 e.